The maximum atomic E-state index is 13.3. The predicted molar refractivity (Wildman–Crippen MR) is 55.2 cm³/mol. The Morgan fingerprint density at radius 3 is 2.71 bits per heavy atom. The molecule has 0 aliphatic rings. The third-order valence-electron chi connectivity index (χ3n) is 1.70. The predicted octanol–water partition coefficient (Wildman–Crippen LogP) is 3.85. The smallest absolute Gasteiger partial charge is 0.168 e. The first-order valence-electron chi connectivity index (χ1n) is 3.74. The Balaban J connectivity index is 2.57. The second-order valence-electron chi connectivity index (χ2n) is 2.59. The number of aromatic nitrogens is 1. The molecule has 14 heavy (non-hydrogen) atoms. The van der Waals surface area contributed by atoms with Gasteiger partial charge in [0.05, 0.1) is 5.69 Å². The second kappa shape index (κ2) is 3.74. The second-order valence-corrected chi connectivity index (χ2v) is 4.72. The van der Waals surface area contributed by atoms with Gasteiger partial charge in [-0.3, -0.25) is 0 Å². The van der Waals surface area contributed by atoms with Gasteiger partial charge in [-0.25, -0.2) is 13.8 Å². The average Bonchev–Trinajstić information content (AvgIpc) is 2.57. The van der Waals surface area contributed by atoms with Crippen molar-refractivity contribution in [2.24, 2.45) is 0 Å². The molecule has 0 N–H and O–H groups in total. The van der Waals surface area contributed by atoms with Crippen molar-refractivity contribution in [2.45, 2.75) is 0 Å². The minimum absolute atomic E-state index is 0.187. The van der Waals surface area contributed by atoms with Crippen LogP contribution in [0.4, 0.5) is 8.78 Å². The SMILES string of the molecule is Fc1cccc(-c2csc(Br)n2)c1F. The van der Waals surface area contributed by atoms with Crippen molar-refractivity contribution in [3.8, 4) is 11.3 Å². The lowest BCUT2D eigenvalue weighted by Gasteiger charge is -1.98. The van der Waals surface area contributed by atoms with Crippen molar-refractivity contribution in [2.75, 3.05) is 0 Å². The van der Waals surface area contributed by atoms with Crippen molar-refractivity contribution >= 4 is 27.3 Å². The molecule has 0 atom stereocenters. The summed E-state index contributed by atoms with van der Waals surface area (Å²) in [4.78, 5) is 4.01. The largest absolute Gasteiger partial charge is 0.229 e. The van der Waals surface area contributed by atoms with Crippen LogP contribution in [0.2, 0.25) is 0 Å². The maximum Gasteiger partial charge on any atom is 0.168 e. The first-order chi connectivity index (χ1) is 6.68. The van der Waals surface area contributed by atoms with E-state index in [1.54, 1.807) is 5.38 Å². The Morgan fingerprint density at radius 1 is 1.29 bits per heavy atom. The highest BCUT2D eigenvalue weighted by Gasteiger charge is 2.11. The number of rotatable bonds is 1. The van der Waals surface area contributed by atoms with Gasteiger partial charge >= 0.3 is 0 Å². The van der Waals surface area contributed by atoms with E-state index in [-0.39, 0.29) is 5.56 Å². The van der Waals surface area contributed by atoms with E-state index in [0.717, 1.165) is 6.07 Å². The molecule has 5 heteroatoms. The van der Waals surface area contributed by atoms with Crippen LogP contribution in [0, 0.1) is 11.6 Å². The molecule has 0 aliphatic heterocycles. The minimum atomic E-state index is -0.856. The van der Waals surface area contributed by atoms with E-state index in [0.29, 0.717) is 9.61 Å². The molecule has 0 radical (unpaired) electrons. The quantitative estimate of drug-likeness (QED) is 0.771. The molecule has 0 unspecified atom stereocenters. The van der Waals surface area contributed by atoms with Crippen LogP contribution in [-0.4, -0.2) is 4.98 Å². The summed E-state index contributed by atoms with van der Waals surface area (Å²) >= 11 is 4.49. The van der Waals surface area contributed by atoms with Crippen LogP contribution in [0.5, 0.6) is 0 Å². The number of hydrogen-bond acceptors (Lipinski definition) is 2. The highest BCUT2D eigenvalue weighted by molar-refractivity contribution is 9.11. The minimum Gasteiger partial charge on any atom is -0.229 e. The fourth-order valence-electron chi connectivity index (χ4n) is 1.08. The van der Waals surface area contributed by atoms with Crippen LogP contribution in [0.15, 0.2) is 27.5 Å². The van der Waals surface area contributed by atoms with Crippen LogP contribution in [0.1, 0.15) is 0 Å². The van der Waals surface area contributed by atoms with Gasteiger partial charge in [0.25, 0.3) is 0 Å². The van der Waals surface area contributed by atoms with E-state index >= 15 is 0 Å². The van der Waals surface area contributed by atoms with Gasteiger partial charge in [0.15, 0.2) is 15.6 Å². The lowest BCUT2D eigenvalue weighted by Crippen LogP contribution is -1.88. The Hall–Kier alpha value is -0.810. The first-order valence-corrected chi connectivity index (χ1v) is 5.41. The fraction of sp³-hybridized carbons (Fsp3) is 0. The van der Waals surface area contributed by atoms with Gasteiger partial charge in [-0.1, -0.05) is 6.07 Å². The molecule has 0 fully saturated rings. The average molecular weight is 276 g/mol. The third kappa shape index (κ3) is 1.69. The Morgan fingerprint density at radius 2 is 2.07 bits per heavy atom. The van der Waals surface area contributed by atoms with Crippen molar-refractivity contribution < 1.29 is 8.78 Å². The van der Waals surface area contributed by atoms with Gasteiger partial charge in [-0.05, 0) is 28.1 Å². The standard InChI is InChI=1S/C9H4BrF2NS/c10-9-13-7(4-14-9)5-2-1-3-6(11)8(5)12/h1-4H. The number of halogens is 3. The third-order valence-corrected chi connectivity index (χ3v) is 3.07. The lowest BCUT2D eigenvalue weighted by molar-refractivity contribution is 0.511. The summed E-state index contributed by atoms with van der Waals surface area (Å²) in [6.07, 6.45) is 0. The zero-order valence-electron chi connectivity index (χ0n) is 6.80. The summed E-state index contributed by atoms with van der Waals surface area (Å²) in [5.41, 5.74) is 0.630. The summed E-state index contributed by atoms with van der Waals surface area (Å²) < 4.78 is 26.8. The number of thiazole rings is 1. The van der Waals surface area contributed by atoms with Crippen LogP contribution in [0.3, 0.4) is 0 Å². The number of benzene rings is 1. The van der Waals surface area contributed by atoms with Crippen molar-refractivity contribution in [3.05, 3.63) is 39.1 Å². The van der Waals surface area contributed by atoms with Gasteiger partial charge in [0, 0.05) is 10.9 Å². The van der Waals surface area contributed by atoms with Crippen LogP contribution >= 0.6 is 27.3 Å². The molecule has 2 rings (SSSR count). The van der Waals surface area contributed by atoms with Gasteiger partial charge in [-0.15, -0.1) is 11.3 Å². The van der Waals surface area contributed by atoms with Gasteiger partial charge in [0.1, 0.15) is 0 Å². The molecule has 0 saturated heterocycles. The number of nitrogens with zero attached hydrogens (tertiary/aromatic N) is 1. The summed E-state index contributed by atoms with van der Waals surface area (Å²) in [5.74, 6) is -1.71. The molecule has 1 heterocycles. The fourth-order valence-corrected chi connectivity index (χ4v) is 2.09. The maximum absolute atomic E-state index is 13.3. The molecule has 0 aliphatic carbocycles. The topological polar surface area (TPSA) is 12.9 Å². The van der Waals surface area contributed by atoms with E-state index in [9.17, 15) is 8.78 Å². The molecule has 0 amide bonds. The lowest BCUT2D eigenvalue weighted by atomic mass is 10.1. The van der Waals surface area contributed by atoms with Crippen LogP contribution in [-0.2, 0) is 0 Å². The summed E-state index contributed by atoms with van der Waals surface area (Å²) in [5, 5.41) is 1.67. The van der Waals surface area contributed by atoms with E-state index in [4.69, 9.17) is 0 Å². The zero-order chi connectivity index (χ0) is 10.1. The molecule has 72 valence electrons. The van der Waals surface area contributed by atoms with Gasteiger partial charge < -0.3 is 0 Å². The molecule has 0 bridgehead atoms. The molecule has 2 aromatic rings. The normalized spacial score (nSPS) is 10.5. The van der Waals surface area contributed by atoms with E-state index in [1.165, 1.54) is 23.5 Å². The molecule has 0 saturated carbocycles. The van der Waals surface area contributed by atoms with E-state index in [2.05, 4.69) is 20.9 Å². The summed E-state index contributed by atoms with van der Waals surface area (Å²) in [6.45, 7) is 0. The van der Waals surface area contributed by atoms with E-state index < -0.39 is 11.6 Å². The van der Waals surface area contributed by atoms with Crippen molar-refractivity contribution in [1.29, 1.82) is 0 Å². The molecule has 1 aromatic carbocycles. The highest BCUT2D eigenvalue weighted by Crippen LogP contribution is 2.27. The Labute approximate surface area is 91.5 Å². The van der Waals surface area contributed by atoms with E-state index in [1.807, 2.05) is 0 Å². The van der Waals surface area contributed by atoms with Crippen molar-refractivity contribution in [3.63, 3.8) is 0 Å². The summed E-state index contributed by atoms with van der Waals surface area (Å²) in [7, 11) is 0. The Bertz CT molecular complexity index is 470. The summed E-state index contributed by atoms with van der Waals surface area (Å²) in [6, 6.07) is 4.04. The van der Waals surface area contributed by atoms with Crippen molar-refractivity contribution in [1.82, 2.24) is 4.98 Å². The van der Waals surface area contributed by atoms with Gasteiger partial charge in [0.2, 0.25) is 0 Å². The zero-order valence-corrected chi connectivity index (χ0v) is 9.20. The Kier molecular flexibility index (Phi) is 2.60. The van der Waals surface area contributed by atoms with Crippen LogP contribution in [0.25, 0.3) is 11.3 Å². The van der Waals surface area contributed by atoms with Crippen LogP contribution < -0.4 is 0 Å². The first kappa shape index (κ1) is 9.73. The monoisotopic (exact) mass is 275 g/mol. The molecule has 0 spiro atoms. The molecule has 1 aromatic heterocycles. The molecular formula is C9H4BrF2NS. The molecule has 1 nitrogen and oxygen atoms in total. The molecular weight excluding hydrogens is 272 g/mol. The van der Waals surface area contributed by atoms with Gasteiger partial charge in [-0.2, -0.15) is 0 Å². The highest BCUT2D eigenvalue weighted by atomic mass is 79.9. The number of hydrogen-bond donors (Lipinski definition) is 0.